The molecule has 150 valence electrons. The zero-order chi connectivity index (χ0) is 19.6. The molecule has 0 spiro atoms. The molecule has 4 rings (SSSR count). The molecule has 2 aliphatic rings. The highest BCUT2D eigenvalue weighted by atomic mass is 16.2. The molecule has 6 nitrogen and oxygen atoms in total. The van der Waals surface area contributed by atoms with Crippen molar-refractivity contribution < 1.29 is 9.59 Å². The van der Waals surface area contributed by atoms with E-state index in [4.69, 9.17) is 5.73 Å². The lowest BCUT2D eigenvalue weighted by Gasteiger charge is -2.48. The Morgan fingerprint density at radius 2 is 1.75 bits per heavy atom. The Kier molecular flexibility index (Phi) is 5.40. The summed E-state index contributed by atoms with van der Waals surface area (Å²) in [5, 5.41) is 1.19. The van der Waals surface area contributed by atoms with Gasteiger partial charge in [-0.2, -0.15) is 0 Å². The average Bonchev–Trinajstić information content (AvgIpc) is 3.16. The Hall–Kier alpha value is -2.34. The average molecular weight is 383 g/mol. The molecule has 0 unspecified atom stereocenters. The third-order valence-electron chi connectivity index (χ3n) is 6.65. The van der Waals surface area contributed by atoms with Crippen molar-refractivity contribution in [1.29, 1.82) is 0 Å². The summed E-state index contributed by atoms with van der Waals surface area (Å²) in [6.07, 6.45) is 8.01. The van der Waals surface area contributed by atoms with Gasteiger partial charge in [-0.25, -0.2) is 0 Å². The highest BCUT2D eigenvalue weighted by Crippen LogP contribution is 2.32. The van der Waals surface area contributed by atoms with Gasteiger partial charge in [0.1, 0.15) is 5.54 Å². The number of carbonyl (C=O) groups excluding carboxylic acids is 2. The number of likely N-dealkylation sites (tertiary alicyclic amines) is 2. The summed E-state index contributed by atoms with van der Waals surface area (Å²) >= 11 is 0. The summed E-state index contributed by atoms with van der Waals surface area (Å²) in [5.74, 6) is -0.0534. The minimum Gasteiger partial charge on any atom is -0.368 e. The van der Waals surface area contributed by atoms with Crippen molar-refractivity contribution in [3.63, 3.8) is 0 Å². The molecule has 3 N–H and O–H groups in total. The molecule has 28 heavy (non-hydrogen) atoms. The maximum absolute atomic E-state index is 12.8. The molecule has 3 heterocycles. The highest BCUT2D eigenvalue weighted by molar-refractivity contribution is 5.86. The Morgan fingerprint density at radius 1 is 1.04 bits per heavy atom. The number of nitrogens with two attached hydrogens (primary N) is 1. The molecule has 1 aromatic carbocycles. The van der Waals surface area contributed by atoms with Crippen molar-refractivity contribution in [1.82, 2.24) is 14.8 Å². The number of benzene rings is 1. The first-order valence-corrected chi connectivity index (χ1v) is 10.5. The van der Waals surface area contributed by atoms with Gasteiger partial charge in [0.25, 0.3) is 0 Å². The van der Waals surface area contributed by atoms with Gasteiger partial charge in [0.15, 0.2) is 0 Å². The summed E-state index contributed by atoms with van der Waals surface area (Å²) in [6, 6.07) is 8.17. The number of fused-ring (bicyclic) bond motifs is 1. The molecule has 2 fully saturated rings. The number of hydrogen-bond donors (Lipinski definition) is 2. The summed E-state index contributed by atoms with van der Waals surface area (Å²) in [7, 11) is 0. The quantitative estimate of drug-likeness (QED) is 0.833. The predicted octanol–water partition coefficient (Wildman–Crippen LogP) is 2.43. The third kappa shape index (κ3) is 3.53. The fraction of sp³-hybridized carbons (Fsp3) is 0.545. The molecule has 0 bridgehead atoms. The molecule has 6 heteroatoms. The first-order valence-electron chi connectivity index (χ1n) is 10.5. The number of hydrogen-bond acceptors (Lipinski definition) is 3. The normalized spacial score (nSPS) is 20.4. The van der Waals surface area contributed by atoms with E-state index in [0.29, 0.717) is 32.4 Å². The number of aromatic amines is 1. The van der Waals surface area contributed by atoms with Crippen LogP contribution >= 0.6 is 0 Å². The molecule has 2 aliphatic heterocycles. The smallest absolute Gasteiger partial charge is 0.238 e. The molecular formula is C22H30N4O2. The van der Waals surface area contributed by atoms with E-state index in [0.717, 1.165) is 37.9 Å². The van der Waals surface area contributed by atoms with Gasteiger partial charge in [-0.1, -0.05) is 24.6 Å². The minimum atomic E-state index is -0.561. The van der Waals surface area contributed by atoms with Gasteiger partial charge in [0.05, 0.1) is 0 Å². The van der Waals surface area contributed by atoms with Crippen LogP contribution in [-0.4, -0.2) is 58.3 Å². The van der Waals surface area contributed by atoms with Gasteiger partial charge in [0.2, 0.25) is 11.8 Å². The zero-order valence-corrected chi connectivity index (χ0v) is 16.5. The van der Waals surface area contributed by atoms with Gasteiger partial charge in [-0.05, 0) is 56.8 Å². The highest BCUT2D eigenvalue weighted by Gasteiger charge is 2.45. The number of aromatic nitrogens is 1. The second-order valence-electron chi connectivity index (χ2n) is 8.18. The fourth-order valence-corrected chi connectivity index (χ4v) is 4.90. The first-order chi connectivity index (χ1) is 13.6. The minimum absolute atomic E-state index is 0.169. The second-order valence-corrected chi connectivity index (χ2v) is 8.18. The van der Waals surface area contributed by atoms with E-state index in [1.807, 2.05) is 23.2 Å². The topological polar surface area (TPSA) is 82.4 Å². The maximum atomic E-state index is 12.8. The van der Waals surface area contributed by atoms with Gasteiger partial charge in [-0.15, -0.1) is 0 Å². The number of carbonyl (C=O) groups is 2. The Morgan fingerprint density at radius 3 is 2.46 bits per heavy atom. The second kappa shape index (κ2) is 7.95. The number of rotatable bonds is 5. The zero-order valence-electron chi connectivity index (χ0n) is 16.5. The summed E-state index contributed by atoms with van der Waals surface area (Å²) < 4.78 is 0. The monoisotopic (exact) mass is 382 g/mol. The van der Waals surface area contributed by atoms with Crippen molar-refractivity contribution in [3.8, 4) is 0 Å². The van der Waals surface area contributed by atoms with E-state index in [2.05, 4.69) is 22.0 Å². The van der Waals surface area contributed by atoms with Crippen LogP contribution in [0, 0.1) is 0 Å². The Labute approximate surface area is 166 Å². The van der Waals surface area contributed by atoms with E-state index in [-0.39, 0.29) is 11.8 Å². The first kappa shape index (κ1) is 19.0. The molecule has 2 aromatic rings. The van der Waals surface area contributed by atoms with Gasteiger partial charge < -0.3 is 15.6 Å². The Balaban J connectivity index is 1.36. The largest absolute Gasteiger partial charge is 0.368 e. The number of piperidine rings is 2. The SMILES string of the molecule is NC(=O)C1(N2CCCCC2)CCN(C(=O)CCc2c[nH]c3ccccc23)CC1. The number of H-pyrrole nitrogens is 1. The van der Waals surface area contributed by atoms with Crippen LogP contribution in [0.5, 0.6) is 0 Å². The number of primary amides is 1. The van der Waals surface area contributed by atoms with Gasteiger partial charge in [0, 0.05) is 36.6 Å². The number of aryl methyl sites for hydroxylation is 1. The van der Waals surface area contributed by atoms with Crippen molar-refractivity contribution in [2.24, 2.45) is 5.73 Å². The molecule has 0 radical (unpaired) electrons. The van der Waals surface area contributed by atoms with E-state index < -0.39 is 5.54 Å². The summed E-state index contributed by atoms with van der Waals surface area (Å²) in [6.45, 7) is 3.12. The van der Waals surface area contributed by atoms with Gasteiger partial charge >= 0.3 is 0 Å². The summed E-state index contributed by atoms with van der Waals surface area (Å²) in [5.41, 5.74) is 7.57. The van der Waals surface area contributed by atoms with Crippen molar-refractivity contribution in [3.05, 3.63) is 36.0 Å². The molecule has 0 saturated carbocycles. The molecule has 2 amide bonds. The Bertz CT molecular complexity index is 845. The number of amides is 2. The number of nitrogens with zero attached hydrogens (tertiary/aromatic N) is 2. The van der Waals surface area contributed by atoms with Gasteiger partial charge in [-0.3, -0.25) is 14.5 Å². The molecule has 2 saturated heterocycles. The molecule has 0 atom stereocenters. The van der Waals surface area contributed by atoms with E-state index in [1.165, 1.54) is 17.4 Å². The van der Waals surface area contributed by atoms with Crippen LogP contribution < -0.4 is 5.73 Å². The number of nitrogens with one attached hydrogen (secondary N) is 1. The lowest BCUT2D eigenvalue weighted by molar-refractivity contribution is -0.142. The van der Waals surface area contributed by atoms with Crippen LogP contribution in [0.1, 0.15) is 44.1 Å². The van der Waals surface area contributed by atoms with Crippen molar-refractivity contribution >= 4 is 22.7 Å². The molecular weight excluding hydrogens is 352 g/mol. The van der Waals surface area contributed by atoms with Crippen LogP contribution in [0.25, 0.3) is 10.9 Å². The van der Waals surface area contributed by atoms with Crippen LogP contribution in [0.3, 0.4) is 0 Å². The van der Waals surface area contributed by atoms with Crippen LogP contribution in [0.15, 0.2) is 30.5 Å². The van der Waals surface area contributed by atoms with Crippen LogP contribution in [-0.2, 0) is 16.0 Å². The predicted molar refractivity (Wildman–Crippen MR) is 110 cm³/mol. The van der Waals surface area contributed by atoms with Crippen molar-refractivity contribution in [2.45, 2.75) is 50.5 Å². The van der Waals surface area contributed by atoms with Crippen LogP contribution in [0.4, 0.5) is 0 Å². The van der Waals surface area contributed by atoms with E-state index in [9.17, 15) is 9.59 Å². The number of para-hydroxylation sites is 1. The fourth-order valence-electron chi connectivity index (χ4n) is 4.90. The van der Waals surface area contributed by atoms with Crippen molar-refractivity contribution in [2.75, 3.05) is 26.2 Å². The maximum Gasteiger partial charge on any atom is 0.238 e. The lowest BCUT2D eigenvalue weighted by atomic mass is 9.83. The van der Waals surface area contributed by atoms with E-state index in [1.54, 1.807) is 0 Å². The van der Waals surface area contributed by atoms with E-state index >= 15 is 0 Å². The molecule has 0 aliphatic carbocycles. The lowest BCUT2D eigenvalue weighted by Crippen LogP contribution is -2.63. The standard InChI is InChI=1S/C22H30N4O2/c23-21(28)22(26-12-4-1-5-13-26)10-14-25(15-11-22)20(27)9-8-17-16-24-19-7-3-2-6-18(17)19/h2-3,6-7,16,24H,1,4-5,8-15H2,(H2,23,28). The third-order valence-corrected chi connectivity index (χ3v) is 6.65. The summed E-state index contributed by atoms with van der Waals surface area (Å²) in [4.78, 5) is 32.6. The van der Waals surface area contributed by atoms with Crippen LogP contribution in [0.2, 0.25) is 0 Å². The molecule has 1 aromatic heterocycles.